The molecular formula is C11H19N3O2. The Labute approximate surface area is 95.3 Å². The molecule has 90 valence electrons. The maximum atomic E-state index is 12.1. The van der Waals surface area contributed by atoms with Crippen LogP contribution >= 0.6 is 0 Å². The molecule has 0 aromatic carbocycles. The van der Waals surface area contributed by atoms with Crippen LogP contribution in [-0.4, -0.2) is 42.4 Å². The Morgan fingerprint density at radius 3 is 2.62 bits per heavy atom. The molecule has 0 aromatic rings. The fourth-order valence-corrected chi connectivity index (χ4v) is 2.45. The highest BCUT2D eigenvalue weighted by Gasteiger charge is 2.30. The zero-order chi connectivity index (χ0) is 11.5. The van der Waals surface area contributed by atoms with Crippen LogP contribution in [0.4, 0.5) is 0 Å². The second kappa shape index (κ2) is 4.82. The minimum absolute atomic E-state index is 0.0490. The molecule has 0 bridgehead atoms. The van der Waals surface area contributed by atoms with Gasteiger partial charge in [-0.05, 0) is 25.7 Å². The molecule has 2 fully saturated rings. The topological polar surface area (TPSA) is 75.4 Å². The summed E-state index contributed by atoms with van der Waals surface area (Å²) in [5.41, 5.74) is 5.81. The van der Waals surface area contributed by atoms with E-state index in [9.17, 15) is 9.59 Å². The van der Waals surface area contributed by atoms with Crippen molar-refractivity contribution >= 4 is 11.8 Å². The molecule has 2 rings (SSSR count). The summed E-state index contributed by atoms with van der Waals surface area (Å²) in [4.78, 5) is 25.0. The highest BCUT2D eigenvalue weighted by atomic mass is 16.2. The van der Waals surface area contributed by atoms with Crippen LogP contribution in [0.1, 0.15) is 25.7 Å². The van der Waals surface area contributed by atoms with Gasteiger partial charge < -0.3 is 16.0 Å². The van der Waals surface area contributed by atoms with E-state index in [4.69, 9.17) is 5.73 Å². The Morgan fingerprint density at radius 2 is 2.00 bits per heavy atom. The van der Waals surface area contributed by atoms with Crippen LogP contribution in [0.3, 0.4) is 0 Å². The molecule has 0 spiro atoms. The lowest BCUT2D eigenvalue weighted by molar-refractivity contribution is -0.142. The quantitative estimate of drug-likeness (QED) is 0.629. The number of hydrogen-bond donors (Lipinski definition) is 2. The summed E-state index contributed by atoms with van der Waals surface area (Å²) >= 11 is 0. The lowest BCUT2D eigenvalue weighted by Crippen LogP contribution is -2.52. The Hall–Kier alpha value is -1.10. The van der Waals surface area contributed by atoms with Gasteiger partial charge in [-0.1, -0.05) is 0 Å². The second-order valence-corrected chi connectivity index (χ2v) is 4.72. The molecule has 0 radical (unpaired) electrons. The molecule has 1 aliphatic heterocycles. The molecule has 16 heavy (non-hydrogen) atoms. The summed E-state index contributed by atoms with van der Waals surface area (Å²) in [5.74, 6) is 0.180. The smallest absolute Gasteiger partial charge is 0.239 e. The van der Waals surface area contributed by atoms with Gasteiger partial charge in [0.25, 0.3) is 0 Å². The first kappa shape index (κ1) is 11.4. The van der Waals surface area contributed by atoms with Crippen molar-refractivity contribution in [2.45, 2.75) is 31.7 Å². The molecule has 1 heterocycles. The average Bonchev–Trinajstić information content (AvgIpc) is 2.29. The van der Waals surface area contributed by atoms with Crippen molar-refractivity contribution < 1.29 is 9.59 Å². The summed E-state index contributed by atoms with van der Waals surface area (Å²) in [6.45, 7) is 1.45. The molecule has 3 N–H and O–H groups in total. The van der Waals surface area contributed by atoms with Crippen LogP contribution in [0.2, 0.25) is 0 Å². The molecule has 1 saturated heterocycles. The first-order chi connectivity index (χ1) is 7.66. The number of nitrogens with zero attached hydrogens (tertiary/aromatic N) is 1. The van der Waals surface area contributed by atoms with Crippen LogP contribution in [0.5, 0.6) is 0 Å². The summed E-state index contributed by atoms with van der Waals surface area (Å²) in [6.07, 6.45) is 3.60. The third-order valence-electron chi connectivity index (χ3n) is 3.47. The largest absolute Gasteiger partial charge is 0.353 e. The third-order valence-corrected chi connectivity index (χ3v) is 3.47. The van der Waals surface area contributed by atoms with Crippen molar-refractivity contribution in [3.63, 3.8) is 0 Å². The maximum absolute atomic E-state index is 12.1. The summed E-state index contributed by atoms with van der Waals surface area (Å²) in [5, 5.41) is 2.72. The highest BCUT2D eigenvalue weighted by Crippen LogP contribution is 2.25. The Morgan fingerprint density at radius 1 is 1.31 bits per heavy atom. The highest BCUT2D eigenvalue weighted by molar-refractivity contribution is 5.87. The lowest BCUT2D eigenvalue weighted by Gasteiger charge is -2.32. The number of amides is 2. The minimum Gasteiger partial charge on any atom is -0.353 e. The van der Waals surface area contributed by atoms with Gasteiger partial charge in [0.1, 0.15) is 0 Å². The maximum Gasteiger partial charge on any atom is 0.239 e. The average molecular weight is 225 g/mol. The molecule has 0 atom stereocenters. The van der Waals surface area contributed by atoms with Gasteiger partial charge >= 0.3 is 0 Å². The van der Waals surface area contributed by atoms with E-state index in [2.05, 4.69) is 5.32 Å². The molecule has 1 saturated carbocycles. The third kappa shape index (κ3) is 2.52. The van der Waals surface area contributed by atoms with E-state index in [-0.39, 0.29) is 30.3 Å². The number of nitrogens with two attached hydrogens (primary N) is 1. The van der Waals surface area contributed by atoms with Crippen molar-refractivity contribution in [2.75, 3.05) is 19.6 Å². The zero-order valence-electron chi connectivity index (χ0n) is 9.45. The fourth-order valence-electron chi connectivity index (χ4n) is 2.45. The Balaban J connectivity index is 1.89. The monoisotopic (exact) mass is 225 g/mol. The summed E-state index contributed by atoms with van der Waals surface area (Å²) in [6, 6.07) is 0.258. The van der Waals surface area contributed by atoms with Gasteiger partial charge in [-0.3, -0.25) is 9.59 Å². The second-order valence-electron chi connectivity index (χ2n) is 4.72. The van der Waals surface area contributed by atoms with Crippen LogP contribution in [0, 0.1) is 5.92 Å². The first-order valence-electron chi connectivity index (χ1n) is 5.98. The summed E-state index contributed by atoms with van der Waals surface area (Å²) < 4.78 is 0. The van der Waals surface area contributed by atoms with Crippen LogP contribution in [-0.2, 0) is 9.59 Å². The van der Waals surface area contributed by atoms with E-state index >= 15 is 0 Å². The normalized spacial score (nSPS) is 31.1. The van der Waals surface area contributed by atoms with Crippen LogP contribution < -0.4 is 11.1 Å². The van der Waals surface area contributed by atoms with Crippen molar-refractivity contribution in [1.29, 1.82) is 0 Å². The number of hydrogen-bond acceptors (Lipinski definition) is 3. The number of piperazine rings is 1. The van der Waals surface area contributed by atoms with Gasteiger partial charge in [-0.15, -0.1) is 0 Å². The summed E-state index contributed by atoms with van der Waals surface area (Å²) in [7, 11) is 0. The van der Waals surface area contributed by atoms with E-state index in [1.807, 2.05) is 0 Å². The predicted octanol–water partition coefficient (Wildman–Crippen LogP) is -0.538. The van der Waals surface area contributed by atoms with Gasteiger partial charge in [-0.25, -0.2) is 0 Å². The zero-order valence-corrected chi connectivity index (χ0v) is 9.45. The Bertz CT molecular complexity index is 285. The number of carbonyl (C=O) groups is 2. The Kier molecular flexibility index (Phi) is 3.43. The van der Waals surface area contributed by atoms with Crippen LogP contribution in [0.15, 0.2) is 0 Å². The van der Waals surface area contributed by atoms with Crippen molar-refractivity contribution in [1.82, 2.24) is 10.2 Å². The van der Waals surface area contributed by atoms with Gasteiger partial charge in [-0.2, -0.15) is 0 Å². The van der Waals surface area contributed by atoms with Gasteiger partial charge in [0.15, 0.2) is 0 Å². The van der Waals surface area contributed by atoms with Crippen LogP contribution in [0.25, 0.3) is 0 Å². The standard InChI is InChI=1S/C11H19N3O2/c12-9-3-1-8(2-4-9)11(16)14-6-5-13-10(15)7-14/h8-9H,1-7,12H2,(H,13,15). The minimum atomic E-state index is -0.0490. The van der Waals surface area contributed by atoms with Gasteiger partial charge in [0.05, 0.1) is 6.54 Å². The number of carbonyl (C=O) groups excluding carboxylic acids is 2. The molecule has 5 heteroatoms. The molecule has 0 unspecified atom stereocenters. The first-order valence-corrected chi connectivity index (χ1v) is 5.98. The van der Waals surface area contributed by atoms with Crippen molar-refractivity contribution in [3.8, 4) is 0 Å². The number of rotatable bonds is 1. The molecule has 0 aromatic heterocycles. The van der Waals surface area contributed by atoms with E-state index in [0.29, 0.717) is 13.1 Å². The molecular weight excluding hydrogens is 206 g/mol. The lowest BCUT2D eigenvalue weighted by atomic mass is 9.85. The van der Waals surface area contributed by atoms with Crippen molar-refractivity contribution in [2.24, 2.45) is 11.7 Å². The number of nitrogens with one attached hydrogen (secondary N) is 1. The van der Waals surface area contributed by atoms with E-state index < -0.39 is 0 Å². The molecule has 2 aliphatic rings. The molecule has 5 nitrogen and oxygen atoms in total. The SMILES string of the molecule is NC1CCC(C(=O)N2CCNC(=O)C2)CC1. The van der Waals surface area contributed by atoms with Crippen molar-refractivity contribution in [3.05, 3.63) is 0 Å². The van der Waals surface area contributed by atoms with E-state index in [0.717, 1.165) is 25.7 Å². The predicted molar refractivity (Wildman–Crippen MR) is 59.5 cm³/mol. The fraction of sp³-hybridized carbons (Fsp3) is 0.818. The molecule has 1 aliphatic carbocycles. The van der Waals surface area contributed by atoms with Gasteiger partial charge in [0.2, 0.25) is 11.8 Å². The van der Waals surface area contributed by atoms with E-state index in [1.54, 1.807) is 4.90 Å². The van der Waals surface area contributed by atoms with Gasteiger partial charge in [0, 0.05) is 25.0 Å². The van der Waals surface area contributed by atoms with E-state index in [1.165, 1.54) is 0 Å². The molecule has 2 amide bonds.